The molecule has 0 aliphatic carbocycles. The van der Waals surface area contributed by atoms with E-state index < -0.39 is 6.23 Å². The fourth-order valence-electron chi connectivity index (χ4n) is 1.76. The Morgan fingerprint density at radius 1 is 1.59 bits per heavy atom. The van der Waals surface area contributed by atoms with Gasteiger partial charge in [0.1, 0.15) is 10.9 Å². The highest BCUT2D eigenvalue weighted by Gasteiger charge is 2.07. The van der Waals surface area contributed by atoms with E-state index in [0.29, 0.717) is 4.64 Å². The molecule has 1 unspecified atom stereocenters. The fraction of sp³-hybridized carbons (Fsp3) is 0.333. The van der Waals surface area contributed by atoms with Gasteiger partial charge in [0.2, 0.25) is 0 Å². The van der Waals surface area contributed by atoms with Crippen LogP contribution in [0.2, 0.25) is 0 Å². The van der Waals surface area contributed by atoms with Gasteiger partial charge in [-0.25, -0.2) is 9.66 Å². The zero-order valence-electron chi connectivity index (χ0n) is 9.84. The largest absolute Gasteiger partial charge is 0.373 e. The van der Waals surface area contributed by atoms with Crippen molar-refractivity contribution in [3.8, 4) is 0 Å². The molecule has 0 aliphatic heterocycles. The van der Waals surface area contributed by atoms with E-state index in [0.717, 1.165) is 23.0 Å². The number of rotatable bonds is 3. The van der Waals surface area contributed by atoms with Crippen LogP contribution in [0.4, 0.5) is 0 Å². The van der Waals surface area contributed by atoms with Gasteiger partial charge in [0, 0.05) is 11.6 Å². The van der Waals surface area contributed by atoms with Gasteiger partial charge in [-0.05, 0) is 37.1 Å². The number of aliphatic hydroxyl groups excluding tert-OH is 1. The number of pyridine rings is 2. The molecule has 2 aromatic heterocycles. The van der Waals surface area contributed by atoms with E-state index in [2.05, 4.69) is 17.3 Å². The van der Waals surface area contributed by atoms with Crippen LogP contribution in [0.3, 0.4) is 0 Å². The van der Waals surface area contributed by atoms with Crippen molar-refractivity contribution in [2.45, 2.75) is 26.5 Å². The Balaban J connectivity index is 2.75. The second-order valence-electron chi connectivity index (χ2n) is 3.89. The lowest BCUT2D eigenvalue weighted by Crippen LogP contribution is -2.26. The molecule has 0 radical (unpaired) electrons. The van der Waals surface area contributed by atoms with E-state index >= 15 is 0 Å². The third-order valence-corrected chi connectivity index (χ3v) is 2.98. The maximum atomic E-state index is 9.45. The molecule has 2 rings (SSSR count). The summed E-state index contributed by atoms with van der Waals surface area (Å²) < 4.78 is 2.34. The first-order valence-electron chi connectivity index (χ1n) is 5.57. The SMILES string of the molecule is CCc1cc2cccnc2n(NC(C)O)c1=S. The first-order valence-corrected chi connectivity index (χ1v) is 5.98. The number of nitrogens with zero attached hydrogens (tertiary/aromatic N) is 2. The fourth-order valence-corrected chi connectivity index (χ4v) is 2.10. The molecule has 5 heteroatoms. The highest BCUT2D eigenvalue weighted by atomic mass is 32.1. The molecule has 0 bridgehead atoms. The Bertz CT molecular complexity index is 592. The molecule has 2 aromatic rings. The molecule has 0 spiro atoms. The maximum absolute atomic E-state index is 9.45. The molecule has 4 nitrogen and oxygen atoms in total. The quantitative estimate of drug-likeness (QED) is 0.647. The summed E-state index contributed by atoms with van der Waals surface area (Å²) in [4.78, 5) is 4.29. The van der Waals surface area contributed by atoms with Crippen molar-refractivity contribution in [2.24, 2.45) is 0 Å². The average molecular weight is 249 g/mol. The summed E-state index contributed by atoms with van der Waals surface area (Å²) in [7, 11) is 0. The molecular weight excluding hydrogens is 234 g/mol. The monoisotopic (exact) mass is 249 g/mol. The van der Waals surface area contributed by atoms with E-state index in [1.54, 1.807) is 17.8 Å². The Kier molecular flexibility index (Phi) is 3.40. The number of aryl methyl sites for hydroxylation is 1. The van der Waals surface area contributed by atoms with Gasteiger partial charge in [-0.3, -0.25) is 5.43 Å². The van der Waals surface area contributed by atoms with Crippen molar-refractivity contribution in [3.05, 3.63) is 34.6 Å². The van der Waals surface area contributed by atoms with Gasteiger partial charge in [-0.2, -0.15) is 0 Å². The van der Waals surface area contributed by atoms with Gasteiger partial charge in [-0.15, -0.1) is 0 Å². The second-order valence-corrected chi connectivity index (χ2v) is 4.27. The van der Waals surface area contributed by atoms with Crippen LogP contribution in [-0.4, -0.2) is 21.0 Å². The summed E-state index contributed by atoms with van der Waals surface area (Å²) in [5, 5.41) is 10.5. The first-order chi connectivity index (χ1) is 8.13. The van der Waals surface area contributed by atoms with E-state index in [4.69, 9.17) is 12.2 Å². The van der Waals surface area contributed by atoms with E-state index in [1.807, 2.05) is 18.2 Å². The van der Waals surface area contributed by atoms with Gasteiger partial charge in [0.05, 0.1) is 0 Å². The summed E-state index contributed by atoms with van der Waals surface area (Å²) in [6.07, 6.45) is 1.88. The number of nitrogens with one attached hydrogen (secondary N) is 1. The van der Waals surface area contributed by atoms with Crippen molar-refractivity contribution in [2.75, 3.05) is 5.43 Å². The minimum absolute atomic E-state index is 0.666. The highest BCUT2D eigenvalue weighted by molar-refractivity contribution is 7.71. The summed E-state index contributed by atoms with van der Waals surface area (Å²) in [6.45, 7) is 3.70. The van der Waals surface area contributed by atoms with Crippen LogP contribution in [-0.2, 0) is 6.42 Å². The van der Waals surface area contributed by atoms with Crippen LogP contribution < -0.4 is 5.43 Å². The number of aliphatic hydroxyl groups is 1. The van der Waals surface area contributed by atoms with Gasteiger partial charge >= 0.3 is 0 Å². The molecule has 90 valence electrons. The molecule has 0 amide bonds. The van der Waals surface area contributed by atoms with E-state index in [-0.39, 0.29) is 0 Å². The Labute approximate surface area is 105 Å². The van der Waals surface area contributed by atoms with Crippen LogP contribution in [0.1, 0.15) is 19.4 Å². The number of aromatic nitrogens is 2. The normalized spacial score (nSPS) is 12.6. The summed E-state index contributed by atoms with van der Waals surface area (Å²) in [5.74, 6) is 0. The first kappa shape index (κ1) is 12.0. The van der Waals surface area contributed by atoms with Crippen molar-refractivity contribution in [3.63, 3.8) is 0 Å². The minimum atomic E-state index is -0.681. The Morgan fingerprint density at radius 2 is 2.35 bits per heavy atom. The lowest BCUT2D eigenvalue weighted by molar-refractivity contribution is 0.208. The molecule has 0 fully saturated rings. The van der Waals surface area contributed by atoms with Crippen molar-refractivity contribution < 1.29 is 5.11 Å². The zero-order valence-corrected chi connectivity index (χ0v) is 10.7. The molecule has 2 N–H and O–H groups in total. The third-order valence-electron chi connectivity index (χ3n) is 2.53. The van der Waals surface area contributed by atoms with E-state index in [9.17, 15) is 5.11 Å². The molecule has 0 saturated heterocycles. The molecule has 0 aliphatic rings. The maximum Gasteiger partial charge on any atom is 0.159 e. The molecular formula is C12H15N3OS. The molecule has 1 atom stereocenters. The number of fused-ring (bicyclic) bond motifs is 1. The third kappa shape index (κ3) is 2.30. The topological polar surface area (TPSA) is 50.1 Å². The van der Waals surface area contributed by atoms with Crippen molar-refractivity contribution in [1.82, 2.24) is 9.66 Å². The predicted molar refractivity (Wildman–Crippen MR) is 71.0 cm³/mol. The van der Waals surface area contributed by atoms with Crippen LogP contribution in [0.15, 0.2) is 24.4 Å². The number of hydrogen-bond donors (Lipinski definition) is 2. The van der Waals surface area contributed by atoms with Crippen molar-refractivity contribution in [1.29, 1.82) is 0 Å². The van der Waals surface area contributed by atoms with Gasteiger partial charge in [0.25, 0.3) is 0 Å². The summed E-state index contributed by atoms with van der Waals surface area (Å²) >= 11 is 5.39. The van der Waals surface area contributed by atoms with Gasteiger partial charge in [-0.1, -0.05) is 19.1 Å². The van der Waals surface area contributed by atoms with Crippen molar-refractivity contribution >= 4 is 23.3 Å². The average Bonchev–Trinajstić information content (AvgIpc) is 2.32. The van der Waals surface area contributed by atoms with Crippen LogP contribution in [0, 0.1) is 4.64 Å². The highest BCUT2D eigenvalue weighted by Crippen LogP contribution is 2.15. The van der Waals surface area contributed by atoms with Crippen LogP contribution >= 0.6 is 12.2 Å². The standard InChI is InChI=1S/C12H15N3OS/c1-3-9-7-10-5-4-6-13-11(10)15(12(9)17)14-8(2)16/h4-8,14,16H,3H2,1-2H3. The lowest BCUT2D eigenvalue weighted by atomic mass is 10.2. The predicted octanol–water partition coefficient (Wildman–Crippen LogP) is 2.21. The van der Waals surface area contributed by atoms with Crippen LogP contribution in [0.25, 0.3) is 11.0 Å². The summed E-state index contributed by atoms with van der Waals surface area (Å²) in [5.41, 5.74) is 4.69. The second kappa shape index (κ2) is 4.81. The molecule has 0 aromatic carbocycles. The van der Waals surface area contributed by atoms with Gasteiger partial charge in [0.15, 0.2) is 5.65 Å². The van der Waals surface area contributed by atoms with E-state index in [1.165, 1.54) is 0 Å². The lowest BCUT2D eigenvalue weighted by Gasteiger charge is -2.16. The molecule has 0 saturated carbocycles. The summed E-state index contributed by atoms with van der Waals surface area (Å²) in [6, 6.07) is 5.92. The number of hydrogen-bond acceptors (Lipinski definition) is 4. The molecule has 17 heavy (non-hydrogen) atoms. The van der Waals surface area contributed by atoms with Gasteiger partial charge < -0.3 is 5.11 Å². The Hall–Kier alpha value is -1.46. The minimum Gasteiger partial charge on any atom is -0.373 e. The smallest absolute Gasteiger partial charge is 0.159 e. The molecule has 2 heterocycles. The van der Waals surface area contributed by atoms with Crippen LogP contribution in [0.5, 0.6) is 0 Å². The Morgan fingerprint density at radius 3 is 3.00 bits per heavy atom. The zero-order chi connectivity index (χ0) is 12.4.